The molecule has 0 atom stereocenters. The predicted molar refractivity (Wildman–Crippen MR) is 117 cm³/mol. The Balaban J connectivity index is 1.72. The fourth-order valence-corrected chi connectivity index (χ4v) is 4.58. The summed E-state index contributed by atoms with van der Waals surface area (Å²) in [5, 5.41) is 3.90. The molecule has 5 nitrogen and oxygen atoms in total. The molecule has 0 aromatic carbocycles. The largest absolute Gasteiger partial charge is 0.489 e. The highest BCUT2D eigenvalue weighted by atomic mass is 79.9. The summed E-state index contributed by atoms with van der Waals surface area (Å²) < 4.78 is 14.7. The Bertz CT molecular complexity index is 677. The SMILES string of the molecule is Cn1cc(Br)c(OC2CCC(NCCO[Si](C)(C)C(C)(C)C)CC2)cc1=O. The molecule has 0 aliphatic heterocycles. The minimum absolute atomic E-state index is 0.0507. The average molecular weight is 460 g/mol. The van der Waals surface area contributed by atoms with Crippen molar-refractivity contribution in [2.45, 2.75) is 76.7 Å². The maximum Gasteiger partial charge on any atom is 0.254 e. The molecule has 1 N–H and O–H groups in total. The lowest BCUT2D eigenvalue weighted by atomic mass is 9.93. The summed E-state index contributed by atoms with van der Waals surface area (Å²) in [5.74, 6) is 0.650. The summed E-state index contributed by atoms with van der Waals surface area (Å²) in [6.45, 7) is 13.1. The molecule has 0 spiro atoms. The number of rotatable bonds is 7. The van der Waals surface area contributed by atoms with Gasteiger partial charge in [-0.15, -0.1) is 0 Å². The molecule has 1 fully saturated rings. The number of ether oxygens (including phenoxy) is 1. The number of pyridine rings is 1. The summed E-state index contributed by atoms with van der Waals surface area (Å²) in [5.41, 5.74) is -0.0507. The van der Waals surface area contributed by atoms with Crippen molar-refractivity contribution in [1.29, 1.82) is 0 Å². The molecule has 7 heteroatoms. The van der Waals surface area contributed by atoms with Crippen LogP contribution in [0.15, 0.2) is 21.5 Å². The van der Waals surface area contributed by atoms with Gasteiger partial charge in [0.2, 0.25) is 0 Å². The Hall–Kier alpha value is -0.633. The average Bonchev–Trinajstić information content (AvgIpc) is 2.57. The van der Waals surface area contributed by atoms with Crippen molar-refractivity contribution in [1.82, 2.24) is 9.88 Å². The summed E-state index contributed by atoms with van der Waals surface area (Å²) in [7, 11) is 0.0869. The Morgan fingerprint density at radius 3 is 2.48 bits per heavy atom. The zero-order chi connectivity index (χ0) is 20.2. The van der Waals surface area contributed by atoms with Gasteiger partial charge in [-0.25, -0.2) is 0 Å². The summed E-state index contributed by atoms with van der Waals surface area (Å²) in [4.78, 5) is 11.8. The summed E-state index contributed by atoms with van der Waals surface area (Å²) >= 11 is 3.48. The predicted octanol–water partition coefficient (Wildman–Crippen LogP) is 4.45. The number of nitrogens with one attached hydrogen (secondary N) is 1. The number of aromatic nitrogens is 1. The van der Waals surface area contributed by atoms with Gasteiger partial charge < -0.3 is 19.0 Å². The number of halogens is 1. The lowest BCUT2D eigenvalue weighted by molar-refractivity contribution is 0.136. The lowest BCUT2D eigenvalue weighted by Crippen LogP contribution is -2.44. The number of nitrogens with zero attached hydrogens (tertiary/aromatic N) is 1. The van der Waals surface area contributed by atoms with E-state index in [2.05, 4.69) is 55.1 Å². The molecule has 27 heavy (non-hydrogen) atoms. The number of hydrogen-bond acceptors (Lipinski definition) is 4. The second-order valence-electron chi connectivity index (χ2n) is 9.09. The van der Waals surface area contributed by atoms with Crippen LogP contribution in [0.3, 0.4) is 0 Å². The van der Waals surface area contributed by atoms with Gasteiger partial charge in [0.05, 0.1) is 10.6 Å². The van der Waals surface area contributed by atoms with Gasteiger partial charge in [-0.05, 0) is 59.7 Å². The van der Waals surface area contributed by atoms with Crippen LogP contribution in [0.4, 0.5) is 0 Å². The number of hydrogen-bond donors (Lipinski definition) is 1. The third-order valence-electron chi connectivity index (χ3n) is 5.92. The third kappa shape index (κ3) is 6.44. The van der Waals surface area contributed by atoms with Crippen molar-refractivity contribution in [2.24, 2.45) is 7.05 Å². The molecule has 0 bridgehead atoms. The molecule has 1 saturated carbocycles. The first-order chi connectivity index (χ1) is 12.5. The van der Waals surface area contributed by atoms with Crippen molar-refractivity contribution in [3.63, 3.8) is 0 Å². The standard InChI is InChI=1S/C20H35BrN2O3Si/c1-20(2,3)27(5,6)25-12-11-22-15-7-9-16(10-8-15)26-18-13-19(24)23(4)14-17(18)21/h13-16,22H,7-12H2,1-6H3. The van der Waals surface area contributed by atoms with Crippen LogP contribution in [0, 0.1) is 0 Å². The topological polar surface area (TPSA) is 52.5 Å². The van der Waals surface area contributed by atoms with Crippen molar-refractivity contribution < 1.29 is 9.16 Å². The molecule has 1 aromatic rings. The van der Waals surface area contributed by atoms with Gasteiger partial charge in [-0.2, -0.15) is 0 Å². The van der Waals surface area contributed by atoms with Gasteiger partial charge in [0.1, 0.15) is 5.75 Å². The van der Waals surface area contributed by atoms with Crippen LogP contribution in [0.25, 0.3) is 0 Å². The van der Waals surface area contributed by atoms with E-state index < -0.39 is 8.32 Å². The Labute approximate surface area is 173 Å². The molecule has 1 aromatic heterocycles. The van der Waals surface area contributed by atoms with Crippen LogP contribution >= 0.6 is 15.9 Å². The molecule has 0 saturated heterocycles. The normalized spacial score (nSPS) is 21.3. The van der Waals surface area contributed by atoms with E-state index in [1.165, 1.54) is 0 Å². The molecule has 1 aliphatic carbocycles. The van der Waals surface area contributed by atoms with E-state index in [9.17, 15) is 4.79 Å². The maximum atomic E-state index is 11.8. The van der Waals surface area contributed by atoms with E-state index in [1.807, 2.05) is 0 Å². The maximum absolute atomic E-state index is 11.8. The molecular weight excluding hydrogens is 424 g/mol. The zero-order valence-electron chi connectivity index (χ0n) is 17.6. The van der Waals surface area contributed by atoms with Crippen LogP contribution < -0.4 is 15.6 Å². The van der Waals surface area contributed by atoms with Gasteiger partial charge in [0, 0.05) is 38.5 Å². The molecule has 2 rings (SSSR count). The molecular formula is C20H35BrN2O3Si. The van der Waals surface area contributed by atoms with Crippen LogP contribution in [-0.2, 0) is 11.5 Å². The van der Waals surface area contributed by atoms with Crippen molar-refractivity contribution in [3.05, 3.63) is 27.1 Å². The molecule has 0 amide bonds. The molecule has 154 valence electrons. The Morgan fingerprint density at radius 1 is 1.26 bits per heavy atom. The van der Waals surface area contributed by atoms with Crippen LogP contribution in [0.2, 0.25) is 18.1 Å². The molecule has 1 aliphatic rings. The summed E-state index contributed by atoms with van der Waals surface area (Å²) in [6, 6.07) is 2.09. The first-order valence-electron chi connectivity index (χ1n) is 9.90. The van der Waals surface area contributed by atoms with Gasteiger partial charge >= 0.3 is 0 Å². The van der Waals surface area contributed by atoms with E-state index in [-0.39, 0.29) is 16.7 Å². The number of aryl methyl sites for hydroxylation is 1. The zero-order valence-corrected chi connectivity index (χ0v) is 20.2. The van der Waals surface area contributed by atoms with E-state index >= 15 is 0 Å². The molecule has 0 radical (unpaired) electrons. The van der Waals surface area contributed by atoms with Crippen LogP contribution in [-0.4, -0.2) is 38.2 Å². The first kappa shape index (κ1) is 22.7. The summed E-state index contributed by atoms with van der Waals surface area (Å²) in [6.07, 6.45) is 6.12. The smallest absolute Gasteiger partial charge is 0.254 e. The second-order valence-corrected chi connectivity index (χ2v) is 14.8. The van der Waals surface area contributed by atoms with E-state index in [1.54, 1.807) is 23.9 Å². The molecule has 0 unspecified atom stereocenters. The van der Waals surface area contributed by atoms with Crippen LogP contribution in [0.5, 0.6) is 5.75 Å². The van der Waals surface area contributed by atoms with E-state index in [4.69, 9.17) is 9.16 Å². The van der Waals surface area contributed by atoms with E-state index in [0.29, 0.717) is 11.8 Å². The quantitative estimate of drug-likeness (QED) is 0.484. The highest BCUT2D eigenvalue weighted by Gasteiger charge is 2.36. The minimum atomic E-state index is -1.65. The fourth-order valence-electron chi connectivity index (χ4n) is 3.02. The minimum Gasteiger partial charge on any atom is -0.489 e. The van der Waals surface area contributed by atoms with Crippen molar-refractivity contribution >= 4 is 24.2 Å². The Morgan fingerprint density at radius 2 is 1.89 bits per heavy atom. The van der Waals surface area contributed by atoms with Crippen molar-refractivity contribution in [3.8, 4) is 5.75 Å². The monoisotopic (exact) mass is 458 g/mol. The van der Waals surface area contributed by atoms with Gasteiger partial charge in [0.15, 0.2) is 8.32 Å². The third-order valence-corrected chi connectivity index (χ3v) is 11.1. The highest BCUT2D eigenvalue weighted by Crippen LogP contribution is 2.36. The first-order valence-corrected chi connectivity index (χ1v) is 13.6. The fraction of sp³-hybridized carbons (Fsp3) is 0.750. The van der Waals surface area contributed by atoms with Gasteiger partial charge in [0.25, 0.3) is 5.56 Å². The van der Waals surface area contributed by atoms with E-state index in [0.717, 1.165) is 43.3 Å². The lowest BCUT2D eigenvalue weighted by Gasteiger charge is -2.36. The molecule has 1 heterocycles. The van der Waals surface area contributed by atoms with Gasteiger partial charge in [-0.1, -0.05) is 20.8 Å². The Kier molecular flexibility index (Phi) is 7.76. The second kappa shape index (κ2) is 9.24. The van der Waals surface area contributed by atoms with Crippen LogP contribution in [0.1, 0.15) is 46.5 Å². The van der Waals surface area contributed by atoms with Gasteiger partial charge in [-0.3, -0.25) is 4.79 Å². The van der Waals surface area contributed by atoms with Crippen molar-refractivity contribution in [2.75, 3.05) is 13.2 Å². The highest BCUT2D eigenvalue weighted by molar-refractivity contribution is 9.10.